The molecular weight excluding hydrogens is 252 g/mol. The van der Waals surface area contributed by atoms with Gasteiger partial charge in [-0.2, -0.15) is 8.78 Å². The van der Waals surface area contributed by atoms with Gasteiger partial charge in [0.25, 0.3) is 0 Å². The number of nitrogens with one attached hydrogen (secondary N) is 1. The van der Waals surface area contributed by atoms with Crippen LogP contribution < -0.4 is 10.1 Å². The van der Waals surface area contributed by atoms with Crippen LogP contribution >= 0.6 is 0 Å². The Labute approximate surface area is 110 Å². The summed E-state index contributed by atoms with van der Waals surface area (Å²) in [5, 5.41) is 3.21. The summed E-state index contributed by atoms with van der Waals surface area (Å²) >= 11 is 0. The number of halogens is 2. The number of alkyl halides is 2. The summed E-state index contributed by atoms with van der Waals surface area (Å²) in [5.41, 5.74) is 0.805. The Morgan fingerprint density at radius 1 is 1.37 bits per heavy atom. The zero-order valence-electron chi connectivity index (χ0n) is 10.4. The number of aliphatic imine (C=N–C) groups is 1. The van der Waals surface area contributed by atoms with Gasteiger partial charge in [0.05, 0.1) is 6.04 Å². The number of benzene rings is 1. The summed E-state index contributed by atoms with van der Waals surface area (Å²) in [6, 6.07) is 7.06. The number of para-hydroxylation sites is 1. The van der Waals surface area contributed by atoms with Gasteiger partial charge in [-0.3, -0.25) is 4.99 Å². The molecule has 19 heavy (non-hydrogen) atoms. The highest BCUT2D eigenvalue weighted by Gasteiger charge is 2.32. The van der Waals surface area contributed by atoms with Gasteiger partial charge in [0.15, 0.2) is 5.96 Å². The lowest BCUT2D eigenvalue weighted by Gasteiger charge is -2.33. The Morgan fingerprint density at radius 2 is 2.21 bits per heavy atom. The summed E-state index contributed by atoms with van der Waals surface area (Å²) in [7, 11) is 0. The van der Waals surface area contributed by atoms with Crippen molar-refractivity contribution in [3.8, 4) is 5.75 Å². The van der Waals surface area contributed by atoms with Crippen molar-refractivity contribution < 1.29 is 13.5 Å². The van der Waals surface area contributed by atoms with Crippen molar-refractivity contribution in [3.63, 3.8) is 0 Å². The van der Waals surface area contributed by atoms with Crippen molar-refractivity contribution in [2.75, 3.05) is 19.6 Å². The van der Waals surface area contributed by atoms with Crippen LogP contribution in [0.4, 0.5) is 8.78 Å². The normalized spacial score (nSPS) is 21.9. The predicted molar refractivity (Wildman–Crippen MR) is 67.4 cm³/mol. The molecule has 1 atom stereocenters. The van der Waals surface area contributed by atoms with E-state index in [1.807, 2.05) is 12.1 Å². The number of rotatable bonds is 3. The number of guanidine groups is 1. The molecule has 1 unspecified atom stereocenters. The van der Waals surface area contributed by atoms with E-state index in [-0.39, 0.29) is 11.8 Å². The van der Waals surface area contributed by atoms with Crippen molar-refractivity contribution in [2.24, 2.45) is 4.99 Å². The predicted octanol–water partition coefficient (Wildman–Crippen LogP) is 1.99. The van der Waals surface area contributed by atoms with E-state index in [1.165, 1.54) is 0 Å². The van der Waals surface area contributed by atoms with E-state index in [0.29, 0.717) is 6.54 Å². The molecule has 2 aliphatic heterocycles. The van der Waals surface area contributed by atoms with Gasteiger partial charge in [0, 0.05) is 25.2 Å². The fraction of sp³-hybridized carbons (Fsp3) is 0.462. The molecular formula is C13H15F2N3O. The van der Waals surface area contributed by atoms with Crippen molar-refractivity contribution in [1.82, 2.24) is 10.2 Å². The van der Waals surface area contributed by atoms with E-state index in [2.05, 4.69) is 19.9 Å². The second-order valence-electron chi connectivity index (χ2n) is 4.55. The van der Waals surface area contributed by atoms with Crippen LogP contribution in [0.15, 0.2) is 29.3 Å². The molecule has 1 aromatic carbocycles. The first-order valence-corrected chi connectivity index (χ1v) is 6.34. The molecule has 0 saturated carbocycles. The minimum atomic E-state index is -2.80. The number of hydrogen-bond donors (Lipinski definition) is 1. The standard InChI is InChI=1S/C13H15F2N3O/c14-12(15)19-11-4-2-1-3-9(11)10-5-6-16-13-17-7-8-18(10)13/h1-4,10,12H,5-8H2,(H,16,17). The summed E-state index contributed by atoms with van der Waals surface area (Å²) in [5.74, 6) is 1.12. The van der Waals surface area contributed by atoms with E-state index in [9.17, 15) is 8.78 Å². The third kappa shape index (κ3) is 2.34. The SMILES string of the molecule is FC(F)Oc1ccccc1C1CCN=C2NCCN21. The highest BCUT2D eigenvalue weighted by molar-refractivity contribution is 5.83. The van der Waals surface area contributed by atoms with E-state index >= 15 is 0 Å². The molecule has 0 aliphatic carbocycles. The van der Waals surface area contributed by atoms with Crippen molar-refractivity contribution in [1.29, 1.82) is 0 Å². The van der Waals surface area contributed by atoms with Gasteiger partial charge in [-0.1, -0.05) is 18.2 Å². The van der Waals surface area contributed by atoms with Crippen LogP contribution in [-0.2, 0) is 0 Å². The summed E-state index contributed by atoms with van der Waals surface area (Å²) < 4.78 is 29.6. The van der Waals surface area contributed by atoms with E-state index in [1.54, 1.807) is 12.1 Å². The average molecular weight is 267 g/mol. The van der Waals surface area contributed by atoms with Crippen LogP contribution in [0.25, 0.3) is 0 Å². The maximum absolute atomic E-state index is 12.5. The zero-order valence-corrected chi connectivity index (χ0v) is 10.4. The number of fused-ring (bicyclic) bond motifs is 1. The maximum atomic E-state index is 12.5. The highest BCUT2D eigenvalue weighted by atomic mass is 19.3. The smallest absolute Gasteiger partial charge is 0.387 e. The van der Waals surface area contributed by atoms with Crippen LogP contribution in [0, 0.1) is 0 Å². The second kappa shape index (κ2) is 5.03. The Bertz CT molecular complexity index is 493. The summed E-state index contributed by atoms with van der Waals surface area (Å²) in [6.07, 6.45) is 0.814. The highest BCUT2D eigenvalue weighted by Crippen LogP contribution is 2.35. The number of hydrogen-bond acceptors (Lipinski definition) is 4. The fourth-order valence-corrected chi connectivity index (χ4v) is 2.68. The molecule has 4 nitrogen and oxygen atoms in total. The molecule has 1 N–H and O–H groups in total. The van der Waals surface area contributed by atoms with Gasteiger partial charge in [-0.15, -0.1) is 0 Å². The Balaban J connectivity index is 1.91. The van der Waals surface area contributed by atoms with E-state index in [4.69, 9.17) is 0 Å². The molecule has 0 bridgehead atoms. The van der Waals surface area contributed by atoms with E-state index < -0.39 is 6.61 Å². The van der Waals surface area contributed by atoms with Gasteiger partial charge in [-0.25, -0.2) is 0 Å². The molecule has 0 amide bonds. The Hall–Kier alpha value is -1.85. The first kappa shape index (κ1) is 12.2. The molecule has 3 rings (SSSR count). The zero-order chi connectivity index (χ0) is 13.2. The van der Waals surface area contributed by atoms with Crippen molar-refractivity contribution in [2.45, 2.75) is 19.1 Å². The molecule has 0 radical (unpaired) electrons. The van der Waals surface area contributed by atoms with Gasteiger partial charge in [0.2, 0.25) is 0 Å². The lowest BCUT2D eigenvalue weighted by atomic mass is 10.00. The molecule has 6 heteroatoms. The quantitative estimate of drug-likeness (QED) is 0.910. The first-order chi connectivity index (χ1) is 9.25. The first-order valence-electron chi connectivity index (χ1n) is 6.34. The van der Waals surface area contributed by atoms with Crippen LogP contribution in [0.2, 0.25) is 0 Å². The topological polar surface area (TPSA) is 36.9 Å². The van der Waals surface area contributed by atoms with Crippen LogP contribution in [-0.4, -0.2) is 37.1 Å². The Kier molecular flexibility index (Phi) is 3.23. The van der Waals surface area contributed by atoms with Crippen molar-refractivity contribution in [3.05, 3.63) is 29.8 Å². The molecule has 102 valence electrons. The molecule has 0 aromatic heterocycles. The second-order valence-corrected chi connectivity index (χ2v) is 4.55. The van der Waals surface area contributed by atoms with Crippen LogP contribution in [0.1, 0.15) is 18.0 Å². The number of ether oxygens (including phenoxy) is 1. The molecule has 2 heterocycles. The van der Waals surface area contributed by atoms with Gasteiger partial charge < -0.3 is 15.0 Å². The fourth-order valence-electron chi connectivity index (χ4n) is 2.68. The summed E-state index contributed by atoms with van der Waals surface area (Å²) in [4.78, 5) is 6.52. The lowest BCUT2D eigenvalue weighted by Crippen LogP contribution is -2.37. The third-order valence-electron chi connectivity index (χ3n) is 3.44. The van der Waals surface area contributed by atoms with Crippen molar-refractivity contribution >= 4 is 5.96 Å². The minimum Gasteiger partial charge on any atom is -0.434 e. The maximum Gasteiger partial charge on any atom is 0.387 e. The molecule has 1 fully saturated rings. The average Bonchev–Trinajstić information content (AvgIpc) is 2.87. The molecule has 1 aromatic rings. The van der Waals surface area contributed by atoms with Gasteiger partial charge >= 0.3 is 6.61 Å². The lowest BCUT2D eigenvalue weighted by molar-refractivity contribution is -0.0510. The largest absolute Gasteiger partial charge is 0.434 e. The molecule has 1 saturated heterocycles. The number of nitrogens with zero attached hydrogens (tertiary/aromatic N) is 2. The molecule has 2 aliphatic rings. The minimum absolute atomic E-state index is 0.0532. The van der Waals surface area contributed by atoms with E-state index in [0.717, 1.165) is 31.0 Å². The van der Waals surface area contributed by atoms with Crippen LogP contribution in [0.3, 0.4) is 0 Å². The van der Waals surface area contributed by atoms with Gasteiger partial charge in [0.1, 0.15) is 5.75 Å². The Morgan fingerprint density at radius 3 is 3.05 bits per heavy atom. The van der Waals surface area contributed by atoms with Crippen LogP contribution in [0.5, 0.6) is 5.75 Å². The van der Waals surface area contributed by atoms with Gasteiger partial charge in [-0.05, 0) is 12.5 Å². The monoisotopic (exact) mass is 267 g/mol. The third-order valence-corrected chi connectivity index (χ3v) is 3.44. The molecule has 0 spiro atoms. The summed E-state index contributed by atoms with van der Waals surface area (Å²) in [6.45, 7) is -0.416.